The molecule has 1 fully saturated rings. The smallest absolute Gasteiger partial charge is 0.237 e. The number of fused-ring (bicyclic) bond motifs is 1. The molecule has 4 rings (SSSR count). The number of amides is 1. The second kappa shape index (κ2) is 7.61. The molecule has 0 atom stereocenters. The molecule has 7 nitrogen and oxygen atoms in total. The number of nitrogens with two attached hydrogens (primary N) is 1. The van der Waals surface area contributed by atoms with Gasteiger partial charge in [-0.25, -0.2) is 4.98 Å². The number of carbonyl (C=O) groups is 1. The van der Waals surface area contributed by atoms with Gasteiger partial charge in [0.15, 0.2) is 0 Å². The van der Waals surface area contributed by atoms with E-state index in [0.717, 1.165) is 29.0 Å². The zero-order chi connectivity index (χ0) is 19.7. The fourth-order valence-corrected chi connectivity index (χ4v) is 3.61. The Bertz CT molecular complexity index is 1050. The third-order valence-corrected chi connectivity index (χ3v) is 5.11. The molecule has 0 spiro atoms. The number of rotatable bonds is 5. The Hall–Kier alpha value is -2.90. The molecular formula is C20H21ClN6O. The molecule has 0 aliphatic carbocycles. The highest BCUT2D eigenvalue weighted by molar-refractivity contribution is 6.31. The van der Waals surface area contributed by atoms with E-state index in [4.69, 9.17) is 22.7 Å². The molecule has 0 unspecified atom stereocenters. The number of amidine groups is 1. The van der Waals surface area contributed by atoms with Crippen LogP contribution in [0.1, 0.15) is 17.0 Å². The van der Waals surface area contributed by atoms with Crippen LogP contribution in [-0.2, 0) is 17.9 Å². The van der Waals surface area contributed by atoms with E-state index >= 15 is 0 Å². The quantitative estimate of drug-likeness (QED) is 0.455. The van der Waals surface area contributed by atoms with Crippen LogP contribution in [0.4, 0.5) is 0 Å². The van der Waals surface area contributed by atoms with Gasteiger partial charge in [-0.2, -0.15) is 0 Å². The van der Waals surface area contributed by atoms with Gasteiger partial charge < -0.3 is 15.6 Å². The van der Waals surface area contributed by atoms with E-state index in [9.17, 15) is 4.79 Å². The SMILES string of the molecule is N=C(N)c1cccc(CN2CCN(Cc3nc4ccc(Cl)cc4[nH]3)CC2=O)c1. The third-order valence-electron chi connectivity index (χ3n) is 4.88. The minimum absolute atomic E-state index is 0.0325. The van der Waals surface area contributed by atoms with Gasteiger partial charge in [0.25, 0.3) is 0 Å². The van der Waals surface area contributed by atoms with Crippen molar-refractivity contribution in [2.45, 2.75) is 13.1 Å². The molecule has 1 saturated heterocycles. The second-order valence-electron chi connectivity index (χ2n) is 6.98. The van der Waals surface area contributed by atoms with Crippen LogP contribution in [-0.4, -0.2) is 51.1 Å². The topological polar surface area (TPSA) is 102 Å². The summed E-state index contributed by atoms with van der Waals surface area (Å²) < 4.78 is 0. The number of carbonyl (C=O) groups excluding carboxylic acids is 1. The largest absolute Gasteiger partial charge is 0.384 e. The van der Waals surface area contributed by atoms with Crippen LogP contribution in [0.3, 0.4) is 0 Å². The number of hydrogen-bond acceptors (Lipinski definition) is 4. The van der Waals surface area contributed by atoms with Crippen LogP contribution in [0.15, 0.2) is 42.5 Å². The van der Waals surface area contributed by atoms with Crippen molar-refractivity contribution in [1.82, 2.24) is 19.8 Å². The fraction of sp³-hybridized carbons (Fsp3) is 0.250. The van der Waals surface area contributed by atoms with Crippen LogP contribution >= 0.6 is 11.6 Å². The first-order valence-electron chi connectivity index (χ1n) is 9.05. The molecule has 0 saturated carbocycles. The monoisotopic (exact) mass is 396 g/mol. The van der Waals surface area contributed by atoms with Crippen molar-refractivity contribution < 1.29 is 4.79 Å². The normalized spacial score (nSPS) is 15.3. The lowest BCUT2D eigenvalue weighted by Gasteiger charge is -2.34. The Morgan fingerprint density at radius 2 is 2.07 bits per heavy atom. The predicted octanol–water partition coefficient (Wildman–Crippen LogP) is 2.34. The zero-order valence-electron chi connectivity index (χ0n) is 15.3. The Balaban J connectivity index is 1.38. The minimum atomic E-state index is 0.0325. The number of aromatic amines is 1. The summed E-state index contributed by atoms with van der Waals surface area (Å²) in [6, 6.07) is 13.0. The number of piperazine rings is 1. The van der Waals surface area contributed by atoms with Crippen molar-refractivity contribution >= 4 is 34.4 Å². The minimum Gasteiger partial charge on any atom is -0.384 e. The molecule has 1 aromatic heterocycles. The Morgan fingerprint density at radius 1 is 1.21 bits per heavy atom. The first-order valence-corrected chi connectivity index (χ1v) is 9.43. The van der Waals surface area contributed by atoms with Crippen LogP contribution in [0.2, 0.25) is 5.02 Å². The molecule has 2 heterocycles. The Morgan fingerprint density at radius 3 is 2.86 bits per heavy atom. The molecule has 144 valence electrons. The number of nitrogens with zero attached hydrogens (tertiary/aromatic N) is 3. The van der Waals surface area contributed by atoms with Gasteiger partial charge >= 0.3 is 0 Å². The number of imidazole rings is 1. The van der Waals surface area contributed by atoms with E-state index in [1.807, 2.05) is 41.3 Å². The van der Waals surface area contributed by atoms with Crippen molar-refractivity contribution in [3.05, 3.63) is 64.4 Å². The summed E-state index contributed by atoms with van der Waals surface area (Å²) in [7, 11) is 0. The van der Waals surface area contributed by atoms with E-state index in [1.54, 1.807) is 6.07 Å². The molecule has 1 aliphatic rings. The second-order valence-corrected chi connectivity index (χ2v) is 7.42. The van der Waals surface area contributed by atoms with Crippen molar-refractivity contribution in [2.24, 2.45) is 5.73 Å². The Labute approximate surface area is 167 Å². The summed E-state index contributed by atoms with van der Waals surface area (Å²) in [4.78, 5) is 24.4. The van der Waals surface area contributed by atoms with Gasteiger partial charge in [-0.05, 0) is 29.8 Å². The van der Waals surface area contributed by atoms with Gasteiger partial charge in [0.1, 0.15) is 11.7 Å². The molecule has 8 heteroatoms. The van der Waals surface area contributed by atoms with Crippen LogP contribution in [0.25, 0.3) is 11.0 Å². The van der Waals surface area contributed by atoms with E-state index in [1.165, 1.54) is 0 Å². The molecule has 4 N–H and O–H groups in total. The van der Waals surface area contributed by atoms with Gasteiger partial charge in [-0.1, -0.05) is 29.8 Å². The maximum Gasteiger partial charge on any atom is 0.237 e. The highest BCUT2D eigenvalue weighted by Crippen LogP contribution is 2.18. The van der Waals surface area contributed by atoms with Crippen LogP contribution < -0.4 is 5.73 Å². The summed E-state index contributed by atoms with van der Waals surface area (Å²) in [6.07, 6.45) is 0. The van der Waals surface area contributed by atoms with Gasteiger partial charge in [-0.3, -0.25) is 15.1 Å². The van der Waals surface area contributed by atoms with Gasteiger partial charge in [0.05, 0.1) is 24.1 Å². The van der Waals surface area contributed by atoms with E-state index in [2.05, 4.69) is 14.9 Å². The number of nitrogens with one attached hydrogen (secondary N) is 2. The average molecular weight is 397 g/mol. The van der Waals surface area contributed by atoms with Crippen LogP contribution in [0, 0.1) is 5.41 Å². The number of aromatic nitrogens is 2. The lowest BCUT2D eigenvalue weighted by molar-refractivity contribution is -0.136. The van der Waals surface area contributed by atoms with Crippen molar-refractivity contribution in [2.75, 3.05) is 19.6 Å². The number of nitrogen functional groups attached to an aromatic ring is 1. The Kier molecular flexibility index (Phi) is 5.02. The first kappa shape index (κ1) is 18.5. The molecule has 28 heavy (non-hydrogen) atoms. The first-order chi connectivity index (χ1) is 13.5. The summed E-state index contributed by atoms with van der Waals surface area (Å²) in [5.41, 5.74) is 8.97. The molecule has 1 amide bonds. The van der Waals surface area contributed by atoms with Gasteiger partial charge in [0, 0.05) is 30.2 Å². The lowest BCUT2D eigenvalue weighted by Crippen LogP contribution is -2.49. The third kappa shape index (κ3) is 4.00. The molecule has 0 radical (unpaired) electrons. The molecule has 1 aliphatic heterocycles. The predicted molar refractivity (Wildman–Crippen MR) is 109 cm³/mol. The number of H-pyrrole nitrogens is 1. The van der Waals surface area contributed by atoms with E-state index in [0.29, 0.717) is 36.8 Å². The van der Waals surface area contributed by atoms with E-state index in [-0.39, 0.29) is 11.7 Å². The summed E-state index contributed by atoms with van der Waals surface area (Å²) in [5, 5.41) is 8.22. The van der Waals surface area contributed by atoms with Crippen LogP contribution in [0.5, 0.6) is 0 Å². The maximum absolute atomic E-state index is 12.6. The highest BCUT2D eigenvalue weighted by atomic mass is 35.5. The lowest BCUT2D eigenvalue weighted by atomic mass is 10.1. The average Bonchev–Trinajstić information content (AvgIpc) is 3.05. The molecule has 2 aromatic carbocycles. The molecular weight excluding hydrogens is 376 g/mol. The van der Waals surface area contributed by atoms with Gasteiger partial charge in [-0.15, -0.1) is 0 Å². The summed E-state index contributed by atoms with van der Waals surface area (Å²) >= 11 is 6.02. The number of halogens is 1. The molecule has 3 aromatic rings. The number of hydrogen-bond donors (Lipinski definition) is 3. The number of benzene rings is 2. The fourth-order valence-electron chi connectivity index (χ4n) is 3.44. The van der Waals surface area contributed by atoms with Crippen molar-refractivity contribution in [3.8, 4) is 0 Å². The highest BCUT2D eigenvalue weighted by Gasteiger charge is 2.24. The summed E-state index contributed by atoms with van der Waals surface area (Å²) in [5.74, 6) is 0.941. The van der Waals surface area contributed by atoms with Crippen molar-refractivity contribution in [1.29, 1.82) is 5.41 Å². The van der Waals surface area contributed by atoms with Crippen molar-refractivity contribution in [3.63, 3.8) is 0 Å². The van der Waals surface area contributed by atoms with Gasteiger partial charge in [0.2, 0.25) is 5.91 Å². The molecule has 0 bridgehead atoms. The summed E-state index contributed by atoms with van der Waals surface area (Å²) in [6.45, 7) is 2.89. The zero-order valence-corrected chi connectivity index (χ0v) is 16.0. The maximum atomic E-state index is 12.6. The van der Waals surface area contributed by atoms with E-state index < -0.39 is 0 Å². The standard InChI is InChI=1S/C20H21ClN6O/c21-15-4-5-16-17(9-15)25-18(24-16)11-26-6-7-27(19(28)12-26)10-13-2-1-3-14(8-13)20(22)23/h1-5,8-9H,6-7,10-12H2,(H3,22,23)(H,24,25).